The zero-order valence-electron chi connectivity index (χ0n) is 10.6. The van der Waals surface area contributed by atoms with E-state index in [0.717, 1.165) is 12.8 Å². The number of hydrogen-bond donors (Lipinski definition) is 3. The molecule has 1 aromatic carbocycles. The number of carbonyl (C=O) groups excluding carboxylic acids is 1. The van der Waals surface area contributed by atoms with Crippen LogP contribution < -0.4 is 0 Å². The maximum Gasteiger partial charge on any atom is 0.330 e. The van der Waals surface area contributed by atoms with Gasteiger partial charge in [0.1, 0.15) is 0 Å². The fraction of sp³-hybridized carbons (Fsp3) is 0.357. The Balaban J connectivity index is 2.34. The van der Waals surface area contributed by atoms with Gasteiger partial charge in [-0.25, -0.2) is 4.79 Å². The highest BCUT2D eigenvalue weighted by Gasteiger charge is 2.00. The fourth-order valence-electron chi connectivity index (χ4n) is 1.42. The molecular formula is C14H18O5. The van der Waals surface area contributed by atoms with Gasteiger partial charge < -0.3 is 20.1 Å². The third-order valence-corrected chi connectivity index (χ3v) is 2.46. The number of esters is 1. The molecular weight excluding hydrogens is 248 g/mol. The molecule has 0 saturated heterocycles. The van der Waals surface area contributed by atoms with E-state index < -0.39 is 5.97 Å². The normalized spacial score (nSPS) is 10.8. The average molecular weight is 266 g/mol. The highest BCUT2D eigenvalue weighted by atomic mass is 16.5. The molecule has 0 bridgehead atoms. The summed E-state index contributed by atoms with van der Waals surface area (Å²) in [6.45, 7) is 0.474. The first-order chi connectivity index (χ1) is 9.13. The van der Waals surface area contributed by atoms with Gasteiger partial charge in [-0.05, 0) is 43.0 Å². The summed E-state index contributed by atoms with van der Waals surface area (Å²) in [6, 6.07) is 4.26. The number of aliphatic hydroxyl groups is 1. The van der Waals surface area contributed by atoms with Crippen molar-refractivity contribution in [3.63, 3.8) is 0 Å². The smallest absolute Gasteiger partial charge is 0.330 e. The van der Waals surface area contributed by atoms with Crippen molar-refractivity contribution in [1.82, 2.24) is 0 Å². The molecule has 0 aliphatic carbocycles. The number of phenols is 2. The largest absolute Gasteiger partial charge is 0.504 e. The minimum Gasteiger partial charge on any atom is -0.504 e. The Morgan fingerprint density at radius 1 is 1.16 bits per heavy atom. The molecule has 0 saturated carbocycles. The Morgan fingerprint density at radius 3 is 2.63 bits per heavy atom. The molecule has 104 valence electrons. The van der Waals surface area contributed by atoms with Crippen molar-refractivity contribution in [2.45, 2.75) is 19.3 Å². The zero-order valence-corrected chi connectivity index (χ0v) is 10.6. The SMILES string of the molecule is O=C(/C=C/c1ccc(O)c(O)c1)OCCCCCO. The predicted octanol–water partition coefficient (Wildman–Crippen LogP) is 1.82. The quantitative estimate of drug-likeness (QED) is 0.303. The molecule has 0 aromatic heterocycles. The minimum absolute atomic E-state index is 0.151. The Bertz CT molecular complexity index is 439. The average Bonchev–Trinajstić information content (AvgIpc) is 2.40. The molecule has 5 heteroatoms. The molecule has 1 aromatic rings. The Hall–Kier alpha value is -2.01. The monoisotopic (exact) mass is 266 g/mol. The summed E-state index contributed by atoms with van der Waals surface area (Å²) in [5.74, 6) is -0.903. The molecule has 0 unspecified atom stereocenters. The first kappa shape index (κ1) is 15.0. The molecule has 0 fully saturated rings. The lowest BCUT2D eigenvalue weighted by atomic mass is 10.2. The van der Waals surface area contributed by atoms with Gasteiger partial charge >= 0.3 is 5.97 Å². The molecule has 0 atom stereocenters. The number of benzene rings is 1. The highest BCUT2D eigenvalue weighted by molar-refractivity contribution is 5.87. The van der Waals surface area contributed by atoms with Crippen molar-refractivity contribution >= 4 is 12.0 Å². The van der Waals surface area contributed by atoms with Crippen molar-refractivity contribution in [2.75, 3.05) is 13.2 Å². The number of carbonyl (C=O) groups is 1. The number of unbranched alkanes of at least 4 members (excludes halogenated alkanes) is 2. The lowest BCUT2D eigenvalue weighted by Gasteiger charge is -2.01. The van der Waals surface area contributed by atoms with E-state index in [4.69, 9.17) is 14.9 Å². The summed E-state index contributed by atoms with van der Waals surface area (Å²) in [4.78, 5) is 11.3. The van der Waals surface area contributed by atoms with Gasteiger partial charge in [0.2, 0.25) is 0 Å². The maximum atomic E-state index is 11.3. The highest BCUT2D eigenvalue weighted by Crippen LogP contribution is 2.25. The van der Waals surface area contributed by atoms with Gasteiger partial charge in [0, 0.05) is 12.7 Å². The zero-order chi connectivity index (χ0) is 14.1. The topological polar surface area (TPSA) is 87.0 Å². The molecule has 0 aliphatic heterocycles. The number of ether oxygens (including phenoxy) is 1. The second-order valence-electron chi connectivity index (χ2n) is 4.03. The van der Waals surface area contributed by atoms with E-state index in [-0.39, 0.29) is 18.1 Å². The first-order valence-electron chi connectivity index (χ1n) is 6.11. The van der Waals surface area contributed by atoms with Crippen molar-refractivity contribution in [3.8, 4) is 11.5 Å². The second-order valence-corrected chi connectivity index (χ2v) is 4.03. The number of aromatic hydroxyl groups is 2. The maximum absolute atomic E-state index is 11.3. The predicted molar refractivity (Wildman–Crippen MR) is 70.7 cm³/mol. The molecule has 0 radical (unpaired) electrons. The van der Waals surface area contributed by atoms with Crippen LogP contribution in [-0.4, -0.2) is 34.5 Å². The van der Waals surface area contributed by atoms with Crippen LogP contribution in [-0.2, 0) is 9.53 Å². The van der Waals surface area contributed by atoms with Crippen molar-refractivity contribution in [1.29, 1.82) is 0 Å². The fourth-order valence-corrected chi connectivity index (χ4v) is 1.42. The number of rotatable bonds is 7. The van der Waals surface area contributed by atoms with Gasteiger partial charge in [-0.2, -0.15) is 0 Å². The second kappa shape index (κ2) is 8.16. The molecule has 3 N–H and O–H groups in total. The lowest BCUT2D eigenvalue weighted by molar-refractivity contribution is -0.137. The van der Waals surface area contributed by atoms with Crippen LogP contribution in [0.5, 0.6) is 11.5 Å². The van der Waals surface area contributed by atoms with Gasteiger partial charge in [0.25, 0.3) is 0 Å². The van der Waals surface area contributed by atoms with Crippen LogP contribution in [0.15, 0.2) is 24.3 Å². The molecule has 19 heavy (non-hydrogen) atoms. The van der Waals surface area contributed by atoms with Crippen LogP contribution in [0.4, 0.5) is 0 Å². The number of phenolic OH excluding ortho intramolecular Hbond substituents is 2. The van der Waals surface area contributed by atoms with Crippen LogP contribution in [0.3, 0.4) is 0 Å². The third-order valence-electron chi connectivity index (χ3n) is 2.46. The lowest BCUT2D eigenvalue weighted by Crippen LogP contribution is -2.02. The third kappa shape index (κ3) is 5.92. The van der Waals surface area contributed by atoms with E-state index in [9.17, 15) is 9.90 Å². The van der Waals surface area contributed by atoms with Crippen molar-refractivity contribution < 1.29 is 24.9 Å². The summed E-state index contributed by atoms with van der Waals surface area (Å²) in [7, 11) is 0. The van der Waals surface area contributed by atoms with Crippen LogP contribution in [0, 0.1) is 0 Å². The van der Waals surface area contributed by atoms with Crippen LogP contribution in [0.1, 0.15) is 24.8 Å². The molecule has 0 amide bonds. The van der Waals surface area contributed by atoms with Crippen LogP contribution in [0.25, 0.3) is 6.08 Å². The summed E-state index contributed by atoms with van der Waals surface area (Å²) in [5, 5.41) is 27.0. The number of aliphatic hydroxyl groups excluding tert-OH is 1. The van der Waals surface area contributed by atoms with E-state index in [1.807, 2.05) is 0 Å². The van der Waals surface area contributed by atoms with E-state index >= 15 is 0 Å². The Kier molecular flexibility index (Phi) is 6.46. The Morgan fingerprint density at radius 2 is 1.95 bits per heavy atom. The van der Waals surface area contributed by atoms with Gasteiger partial charge in [0.05, 0.1) is 6.61 Å². The molecule has 5 nitrogen and oxygen atoms in total. The van der Waals surface area contributed by atoms with Gasteiger partial charge in [-0.1, -0.05) is 6.07 Å². The minimum atomic E-state index is -0.462. The summed E-state index contributed by atoms with van der Waals surface area (Å²) >= 11 is 0. The first-order valence-corrected chi connectivity index (χ1v) is 6.11. The van der Waals surface area contributed by atoms with Crippen molar-refractivity contribution in [2.24, 2.45) is 0 Å². The van der Waals surface area contributed by atoms with Crippen molar-refractivity contribution in [3.05, 3.63) is 29.8 Å². The van der Waals surface area contributed by atoms with Crippen LogP contribution >= 0.6 is 0 Å². The molecule has 0 spiro atoms. The molecule has 0 aliphatic rings. The number of hydrogen-bond acceptors (Lipinski definition) is 5. The van der Waals surface area contributed by atoms with Gasteiger partial charge in [-0.15, -0.1) is 0 Å². The standard InChI is InChI=1S/C14H18O5/c15-8-2-1-3-9-19-14(18)7-5-11-4-6-12(16)13(17)10-11/h4-7,10,15-17H,1-3,8-9H2/b7-5+. The van der Waals surface area contributed by atoms with E-state index in [2.05, 4.69) is 0 Å². The Labute approximate surface area is 111 Å². The molecule has 1 rings (SSSR count). The molecule has 0 heterocycles. The van der Waals surface area contributed by atoms with Gasteiger partial charge in [-0.3, -0.25) is 0 Å². The van der Waals surface area contributed by atoms with E-state index in [1.165, 1.54) is 24.3 Å². The summed E-state index contributed by atoms with van der Waals surface area (Å²) in [6.07, 6.45) is 5.01. The summed E-state index contributed by atoms with van der Waals surface area (Å²) < 4.78 is 4.95. The van der Waals surface area contributed by atoms with E-state index in [0.29, 0.717) is 18.6 Å². The van der Waals surface area contributed by atoms with E-state index in [1.54, 1.807) is 6.07 Å². The van der Waals surface area contributed by atoms with Crippen LogP contribution in [0.2, 0.25) is 0 Å². The van der Waals surface area contributed by atoms with Gasteiger partial charge in [0.15, 0.2) is 11.5 Å². The summed E-state index contributed by atoms with van der Waals surface area (Å²) in [5.41, 5.74) is 0.590.